The Morgan fingerprint density at radius 3 is 2.89 bits per heavy atom. The maximum absolute atomic E-state index is 11.9. The average Bonchev–Trinajstić information content (AvgIpc) is 2.87. The second-order valence-corrected chi connectivity index (χ2v) is 4.28. The molecule has 0 saturated carbocycles. The molecule has 0 aliphatic heterocycles. The number of aryl methyl sites for hydroxylation is 1. The molecular weight excluding hydrogens is 244 g/mol. The Morgan fingerprint density at radius 1 is 1.42 bits per heavy atom. The molecule has 0 unspecified atom stereocenters. The van der Waals surface area contributed by atoms with Gasteiger partial charge in [0.2, 0.25) is 5.95 Å². The second-order valence-electron chi connectivity index (χ2n) is 4.28. The molecule has 6 heteroatoms. The molecule has 1 aromatic carbocycles. The topological polar surface area (TPSA) is 79.9 Å². The highest BCUT2D eigenvalue weighted by Crippen LogP contribution is 2.21. The maximum Gasteiger partial charge on any atom is 0.267 e. The van der Waals surface area contributed by atoms with Crippen LogP contribution in [-0.4, -0.2) is 27.2 Å². The molecule has 0 bridgehead atoms. The van der Waals surface area contributed by atoms with Crippen LogP contribution in [0.25, 0.3) is 0 Å². The van der Waals surface area contributed by atoms with Gasteiger partial charge in [-0.1, -0.05) is 12.1 Å². The van der Waals surface area contributed by atoms with E-state index in [2.05, 4.69) is 20.5 Å². The van der Waals surface area contributed by atoms with Crippen LogP contribution >= 0.6 is 0 Å². The molecule has 1 aromatic heterocycles. The van der Waals surface area contributed by atoms with E-state index in [1.54, 1.807) is 6.92 Å². The lowest BCUT2D eigenvalue weighted by Crippen LogP contribution is -2.30. The number of hydrogen-bond acceptors (Lipinski definition) is 4. The molecule has 100 valence electrons. The lowest BCUT2D eigenvalue weighted by atomic mass is 10.1. The first kappa shape index (κ1) is 13.1. The van der Waals surface area contributed by atoms with Gasteiger partial charge in [-0.25, -0.2) is 5.10 Å². The Bertz CT molecular complexity index is 566. The van der Waals surface area contributed by atoms with Gasteiger partial charge < -0.3 is 4.74 Å². The van der Waals surface area contributed by atoms with Crippen molar-refractivity contribution in [1.82, 2.24) is 15.2 Å². The van der Waals surface area contributed by atoms with Gasteiger partial charge in [-0.15, -0.1) is 0 Å². The number of ether oxygens (including phenoxy) is 1. The van der Waals surface area contributed by atoms with E-state index in [0.29, 0.717) is 11.7 Å². The van der Waals surface area contributed by atoms with Crippen molar-refractivity contribution in [3.63, 3.8) is 0 Å². The van der Waals surface area contributed by atoms with Crippen LogP contribution in [0.3, 0.4) is 0 Å². The van der Waals surface area contributed by atoms with E-state index in [4.69, 9.17) is 4.74 Å². The van der Waals surface area contributed by atoms with E-state index in [1.165, 1.54) is 6.33 Å². The summed E-state index contributed by atoms with van der Waals surface area (Å²) in [7, 11) is 0. The molecule has 1 amide bonds. The van der Waals surface area contributed by atoms with Crippen molar-refractivity contribution in [3.05, 3.63) is 35.7 Å². The quantitative estimate of drug-likeness (QED) is 0.878. The number of anilines is 1. The SMILES string of the molecule is Cc1cccc(O[C@@H](C)C(=O)Nc2ncn[nH]2)c1C. The molecule has 1 heterocycles. The summed E-state index contributed by atoms with van der Waals surface area (Å²) in [5.74, 6) is 0.735. The average molecular weight is 260 g/mol. The highest BCUT2D eigenvalue weighted by atomic mass is 16.5. The number of hydrogen-bond donors (Lipinski definition) is 2. The lowest BCUT2D eigenvalue weighted by Gasteiger charge is -2.16. The molecule has 19 heavy (non-hydrogen) atoms. The summed E-state index contributed by atoms with van der Waals surface area (Å²) in [6, 6.07) is 5.75. The zero-order valence-corrected chi connectivity index (χ0v) is 11.1. The molecule has 0 aliphatic carbocycles. The van der Waals surface area contributed by atoms with Crippen molar-refractivity contribution >= 4 is 11.9 Å². The van der Waals surface area contributed by atoms with Gasteiger partial charge in [0.15, 0.2) is 6.10 Å². The Labute approximate surface area is 111 Å². The third kappa shape index (κ3) is 3.09. The van der Waals surface area contributed by atoms with E-state index >= 15 is 0 Å². The number of rotatable bonds is 4. The number of aromatic amines is 1. The molecule has 6 nitrogen and oxygen atoms in total. The van der Waals surface area contributed by atoms with Crippen molar-refractivity contribution in [2.24, 2.45) is 0 Å². The van der Waals surface area contributed by atoms with Gasteiger partial charge in [0.05, 0.1) is 0 Å². The molecule has 2 N–H and O–H groups in total. The summed E-state index contributed by atoms with van der Waals surface area (Å²) < 4.78 is 5.66. The first-order valence-corrected chi connectivity index (χ1v) is 5.97. The maximum atomic E-state index is 11.9. The van der Waals surface area contributed by atoms with E-state index < -0.39 is 6.10 Å². The molecule has 0 aliphatic rings. The van der Waals surface area contributed by atoms with Crippen molar-refractivity contribution < 1.29 is 9.53 Å². The summed E-state index contributed by atoms with van der Waals surface area (Å²) in [4.78, 5) is 15.7. The van der Waals surface area contributed by atoms with E-state index in [-0.39, 0.29) is 5.91 Å². The fourth-order valence-electron chi connectivity index (χ4n) is 1.58. The number of carbonyl (C=O) groups is 1. The third-order valence-electron chi connectivity index (χ3n) is 2.88. The van der Waals surface area contributed by atoms with Crippen LogP contribution in [0, 0.1) is 13.8 Å². The molecule has 0 spiro atoms. The largest absolute Gasteiger partial charge is 0.481 e. The summed E-state index contributed by atoms with van der Waals surface area (Å²) in [6.45, 7) is 5.65. The Balaban J connectivity index is 2.02. The molecule has 2 aromatic rings. The second kappa shape index (κ2) is 5.51. The standard InChI is InChI=1S/C13H16N4O2/c1-8-5-4-6-11(9(8)2)19-10(3)12(18)16-13-14-7-15-17-13/h4-7,10H,1-3H3,(H2,14,15,16,17,18)/t10-/m0/s1. The van der Waals surface area contributed by atoms with Crippen LogP contribution in [0.4, 0.5) is 5.95 Å². The Hall–Kier alpha value is -2.37. The van der Waals surface area contributed by atoms with E-state index in [9.17, 15) is 4.79 Å². The highest BCUT2D eigenvalue weighted by molar-refractivity contribution is 5.92. The smallest absolute Gasteiger partial charge is 0.267 e. The summed E-state index contributed by atoms with van der Waals surface area (Å²) >= 11 is 0. The molecule has 2 rings (SSSR count). The first-order chi connectivity index (χ1) is 9.08. The van der Waals surface area contributed by atoms with Gasteiger partial charge in [0.25, 0.3) is 5.91 Å². The van der Waals surface area contributed by atoms with Crippen LogP contribution < -0.4 is 10.1 Å². The van der Waals surface area contributed by atoms with Crippen LogP contribution in [0.5, 0.6) is 5.75 Å². The van der Waals surface area contributed by atoms with Gasteiger partial charge in [-0.2, -0.15) is 10.1 Å². The summed E-state index contributed by atoms with van der Waals surface area (Å²) in [5.41, 5.74) is 2.15. The van der Waals surface area contributed by atoms with Crippen LogP contribution in [0.2, 0.25) is 0 Å². The van der Waals surface area contributed by atoms with Crippen LogP contribution in [0.15, 0.2) is 24.5 Å². The number of amides is 1. The predicted molar refractivity (Wildman–Crippen MR) is 71.0 cm³/mol. The molecule has 0 fully saturated rings. The minimum Gasteiger partial charge on any atom is -0.481 e. The molecule has 1 atom stereocenters. The number of aromatic nitrogens is 3. The van der Waals surface area contributed by atoms with Gasteiger partial charge in [0, 0.05) is 0 Å². The minimum atomic E-state index is -0.620. The minimum absolute atomic E-state index is 0.280. The molecule has 0 saturated heterocycles. The summed E-state index contributed by atoms with van der Waals surface area (Å²) in [5, 5.41) is 8.79. The van der Waals surface area contributed by atoms with Crippen LogP contribution in [-0.2, 0) is 4.79 Å². The fourth-order valence-corrected chi connectivity index (χ4v) is 1.58. The zero-order valence-electron chi connectivity index (χ0n) is 11.1. The number of benzene rings is 1. The molecular formula is C13H16N4O2. The normalized spacial score (nSPS) is 11.9. The lowest BCUT2D eigenvalue weighted by molar-refractivity contribution is -0.122. The predicted octanol–water partition coefficient (Wildman–Crippen LogP) is 1.83. The van der Waals surface area contributed by atoms with Crippen molar-refractivity contribution in [2.45, 2.75) is 26.9 Å². The van der Waals surface area contributed by atoms with Gasteiger partial charge in [-0.05, 0) is 38.0 Å². The zero-order chi connectivity index (χ0) is 13.8. The van der Waals surface area contributed by atoms with Crippen molar-refractivity contribution in [3.8, 4) is 5.75 Å². The van der Waals surface area contributed by atoms with Crippen molar-refractivity contribution in [1.29, 1.82) is 0 Å². The Morgan fingerprint density at radius 2 is 2.21 bits per heavy atom. The number of nitrogens with one attached hydrogen (secondary N) is 2. The van der Waals surface area contributed by atoms with E-state index in [0.717, 1.165) is 11.1 Å². The van der Waals surface area contributed by atoms with Gasteiger partial charge in [0.1, 0.15) is 12.1 Å². The van der Waals surface area contributed by atoms with E-state index in [1.807, 2.05) is 32.0 Å². The highest BCUT2D eigenvalue weighted by Gasteiger charge is 2.17. The fraction of sp³-hybridized carbons (Fsp3) is 0.308. The first-order valence-electron chi connectivity index (χ1n) is 5.97. The number of carbonyl (C=O) groups excluding carboxylic acids is 1. The Kier molecular flexibility index (Phi) is 3.79. The molecule has 0 radical (unpaired) electrons. The van der Waals surface area contributed by atoms with Gasteiger partial charge in [-0.3, -0.25) is 10.1 Å². The van der Waals surface area contributed by atoms with Crippen LogP contribution in [0.1, 0.15) is 18.1 Å². The summed E-state index contributed by atoms with van der Waals surface area (Å²) in [6.07, 6.45) is 0.705. The van der Waals surface area contributed by atoms with Gasteiger partial charge >= 0.3 is 0 Å². The van der Waals surface area contributed by atoms with Crippen molar-refractivity contribution in [2.75, 3.05) is 5.32 Å². The number of H-pyrrole nitrogens is 1. The monoisotopic (exact) mass is 260 g/mol. The third-order valence-corrected chi connectivity index (χ3v) is 2.88. The number of nitrogens with zero attached hydrogens (tertiary/aromatic N) is 2.